The fourth-order valence-corrected chi connectivity index (χ4v) is 1.77. The highest BCUT2D eigenvalue weighted by Crippen LogP contribution is 2.16. The Morgan fingerprint density at radius 1 is 1.32 bits per heavy atom. The van der Waals surface area contributed by atoms with Crippen LogP contribution in [0.4, 0.5) is 0 Å². The van der Waals surface area contributed by atoms with Crippen molar-refractivity contribution in [3.8, 4) is 5.75 Å². The third kappa shape index (κ3) is 4.41. The number of rotatable bonds is 6. The summed E-state index contributed by atoms with van der Waals surface area (Å²) >= 11 is 0. The zero-order chi connectivity index (χ0) is 13.7. The average molecular weight is 261 g/mol. The number of aromatic nitrogens is 1. The molecule has 0 saturated carbocycles. The highest BCUT2D eigenvalue weighted by molar-refractivity contribution is 5.27. The van der Waals surface area contributed by atoms with Crippen LogP contribution in [0.3, 0.4) is 0 Å². The maximum absolute atomic E-state index is 9.24. The van der Waals surface area contributed by atoms with E-state index in [9.17, 15) is 5.11 Å². The molecule has 1 heterocycles. The van der Waals surface area contributed by atoms with E-state index in [0.29, 0.717) is 6.61 Å². The van der Waals surface area contributed by atoms with Gasteiger partial charge in [0.1, 0.15) is 12.4 Å². The summed E-state index contributed by atoms with van der Waals surface area (Å²) in [4.78, 5) is 0. The second kappa shape index (κ2) is 6.38. The number of benzene rings is 1. The monoisotopic (exact) mass is 261 g/mol. The van der Waals surface area contributed by atoms with E-state index in [4.69, 9.17) is 9.26 Å². The lowest BCUT2D eigenvalue weighted by Gasteiger charge is -2.06. The topological polar surface area (TPSA) is 55.5 Å². The van der Waals surface area contributed by atoms with Crippen molar-refractivity contribution in [1.82, 2.24) is 5.16 Å². The molecule has 0 radical (unpaired) electrons. The zero-order valence-corrected chi connectivity index (χ0v) is 11.3. The molecular weight excluding hydrogens is 242 g/mol. The largest absolute Gasteiger partial charge is 0.486 e. The Labute approximate surface area is 113 Å². The van der Waals surface area contributed by atoms with Crippen LogP contribution < -0.4 is 4.74 Å². The van der Waals surface area contributed by atoms with Gasteiger partial charge >= 0.3 is 0 Å². The first-order chi connectivity index (χ1) is 9.13. The molecule has 0 aliphatic heterocycles. The Balaban J connectivity index is 1.84. The molecular formula is C15H19NO3. The predicted molar refractivity (Wildman–Crippen MR) is 72.0 cm³/mol. The molecule has 1 atom stereocenters. The highest BCUT2D eigenvalue weighted by Gasteiger charge is 2.02. The molecule has 2 aromatic rings. The van der Waals surface area contributed by atoms with Gasteiger partial charge in [-0.1, -0.05) is 17.3 Å². The lowest BCUT2D eigenvalue weighted by atomic mass is 10.1. The fraction of sp³-hybridized carbons (Fsp3) is 0.400. The third-order valence-corrected chi connectivity index (χ3v) is 2.83. The molecule has 4 nitrogen and oxygen atoms in total. The van der Waals surface area contributed by atoms with Gasteiger partial charge in [-0.05, 0) is 44.4 Å². The summed E-state index contributed by atoms with van der Waals surface area (Å²) in [7, 11) is 0. The standard InChI is InChI=1S/C15H19NO3/c1-11-9-15(19-16-11)10-18-14-7-5-13(6-8-14)4-3-12(2)17/h5-9,12,17H,3-4,10H2,1-2H3. The lowest BCUT2D eigenvalue weighted by molar-refractivity contribution is 0.185. The Hall–Kier alpha value is -1.81. The minimum absolute atomic E-state index is 0.259. The van der Waals surface area contributed by atoms with Gasteiger partial charge in [0.15, 0.2) is 5.76 Å². The second-order valence-corrected chi connectivity index (χ2v) is 4.75. The van der Waals surface area contributed by atoms with E-state index in [-0.39, 0.29) is 6.10 Å². The lowest BCUT2D eigenvalue weighted by Crippen LogP contribution is -2.01. The number of hydrogen-bond acceptors (Lipinski definition) is 4. The van der Waals surface area contributed by atoms with Crippen molar-refractivity contribution in [3.63, 3.8) is 0 Å². The quantitative estimate of drug-likeness (QED) is 0.868. The van der Waals surface area contributed by atoms with Crippen LogP contribution in [0.25, 0.3) is 0 Å². The van der Waals surface area contributed by atoms with Crippen LogP contribution >= 0.6 is 0 Å². The fourth-order valence-electron chi connectivity index (χ4n) is 1.77. The smallest absolute Gasteiger partial charge is 0.174 e. The van der Waals surface area contributed by atoms with Crippen molar-refractivity contribution in [2.24, 2.45) is 0 Å². The van der Waals surface area contributed by atoms with Crippen molar-refractivity contribution >= 4 is 0 Å². The summed E-state index contributed by atoms with van der Waals surface area (Å²) in [5, 5.41) is 13.0. The number of aryl methyl sites for hydroxylation is 2. The van der Waals surface area contributed by atoms with Crippen LogP contribution in [-0.4, -0.2) is 16.4 Å². The van der Waals surface area contributed by atoms with Crippen LogP contribution in [0.15, 0.2) is 34.9 Å². The molecule has 0 saturated heterocycles. The molecule has 1 aromatic heterocycles. The van der Waals surface area contributed by atoms with Gasteiger partial charge in [0.2, 0.25) is 0 Å². The van der Waals surface area contributed by atoms with Gasteiger partial charge in [0, 0.05) is 6.07 Å². The van der Waals surface area contributed by atoms with Gasteiger partial charge in [-0.2, -0.15) is 0 Å². The summed E-state index contributed by atoms with van der Waals surface area (Å²) < 4.78 is 10.7. The van der Waals surface area contributed by atoms with E-state index >= 15 is 0 Å². The summed E-state index contributed by atoms with van der Waals surface area (Å²) in [6, 6.07) is 9.75. The summed E-state index contributed by atoms with van der Waals surface area (Å²) in [5.41, 5.74) is 2.05. The minimum atomic E-state index is -0.259. The Bertz CT molecular complexity index is 502. The van der Waals surface area contributed by atoms with Crippen molar-refractivity contribution in [1.29, 1.82) is 0 Å². The van der Waals surface area contributed by atoms with E-state index < -0.39 is 0 Å². The molecule has 0 amide bonds. The third-order valence-electron chi connectivity index (χ3n) is 2.83. The first-order valence-electron chi connectivity index (χ1n) is 6.45. The highest BCUT2D eigenvalue weighted by atomic mass is 16.5. The van der Waals surface area contributed by atoms with Gasteiger partial charge in [-0.3, -0.25) is 0 Å². The van der Waals surface area contributed by atoms with Gasteiger partial charge in [0.05, 0.1) is 11.8 Å². The first-order valence-corrected chi connectivity index (χ1v) is 6.45. The minimum Gasteiger partial charge on any atom is -0.486 e. The van der Waals surface area contributed by atoms with E-state index in [0.717, 1.165) is 30.0 Å². The average Bonchev–Trinajstić information content (AvgIpc) is 2.81. The van der Waals surface area contributed by atoms with Gasteiger partial charge in [0.25, 0.3) is 0 Å². The number of aliphatic hydroxyl groups excluding tert-OH is 1. The molecule has 0 aliphatic rings. The first kappa shape index (κ1) is 13.6. The van der Waals surface area contributed by atoms with Crippen LogP contribution in [0.1, 0.15) is 30.4 Å². The molecule has 2 rings (SSSR count). The summed E-state index contributed by atoms with van der Waals surface area (Å²) in [6.07, 6.45) is 1.39. The van der Waals surface area contributed by atoms with E-state index in [1.54, 1.807) is 6.92 Å². The van der Waals surface area contributed by atoms with Crippen LogP contribution in [0.5, 0.6) is 5.75 Å². The van der Waals surface area contributed by atoms with E-state index in [2.05, 4.69) is 5.16 Å². The van der Waals surface area contributed by atoms with Crippen molar-refractivity contribution in [2.45, 2.75) is 39.4 Å². The van der Waals surface area contributed by atoms with Crippen LogP contribution in [0, 0.1) is 6.92 Å². The predicted octanol–water partition coefficient (Wildman–Crippen LogP) is 2.88. The molecule has 19 heavy (non-hydrogen) atoms. The Morgan fingerprint density at radius 3 is 2.63 bits per heavy atom. The molecule has 102 valence electrons. The van der Waals surface area contributed by atoms with E-state index in [1.165, 1.54) is 5.56 Å². The molecule has 1 N–H and O–H groups in total. The van der Waals surface area contributed by atoms with Crippen molar-refractivity contribution < 1.29 is 14.4 Å². The Kier molecular flexibility index (Phi) is 4.58. The zero-order valence-electron chi connectivity index (χ0n) is 11.3. The maximum atomic E-state index is 9.24. The maximum Gasteiger partial charge on any atom is 0.174 e. The molecule has 0 fully saturated rings. The number of hydrogen-bond donors (Lipinski definition) is 1. The molecule has 4 heteroatoms. The molecule has 0 aliphatic carbocycles. The second-order valence-electron chi connectivity index (χ2n) is 4.75. The number of ether oxygens (including phenoxy) is 1. The normalized spacial score (nSPS) is 12.4. The van der Waals surface area contributed by atoms with Gasteiger partial charge < -0.3 is 14.4 Å². The molecule has 1 unspecified atom stereocenters. The summed E-state index contributed by atoms with van der Waals surface area (Å²) in [6.45, 7) is 4.06. The number of nitrogens with zero attached hydrogens (tertiary/aromatic N) is 1. The summed E-state index contributed by atoms with van der Waals surface area (Å²) in [5.74, 6) is 1.52. The molecule has 0 spiro atoms. The molecule has 1 aromatic carbocycles. The van der Waals surface area contributed by atoms with Gasteiger partial charge in [-0.15, -0.1) is 0 Å². The van der Waals surface area contributed by atoms with E-state index in [1.807, 2.05) is 37.3 Å². The molecule has 0 bridgehead atoms. The van der Waals surface area contributed by atoms with Crippen LogP contribution in [-0.2, 0) is 13.0 Å². The number of aliphatic hydroxyl groups is 1. The van der Waals surface area contributed by atoms with Crippen molar-refractivity contribution in [2.75, 3.05) is 0 Å². The SMILES string of the molecule is Cc1cc(COc2ccc(CCC(C)O)cc2)on1. The van der Waals surface area contributed by atoms with Crippen molar-refractivity contribution in [3.05, 3.63) is 47.3 Å². The van der Waals surface area contributed by atoms with Gasteiger partial charge in [-0.25, -0.2) is 0 Å². The Morgan fingerprint density at radius 2 is 2.05 bits per heavy atom. The van der Waals surface area contributed by atoms with Crippen LogP contribution in [0.2, 0.25) is 0 Å².